The van der Waals surface area contributed by atoms with Crippen molar-refractivity contribution >= 4 is 11.7 Å². The van der Waals surface area contributed by atoms with Gasteiger partial charge in [-0.1, -0.05) is 17.7 Å². The second kappa shape index (κ2) is 5.61. The molecule has 0 saturated carbocycles. The van der Waals surface area contributed by atoms with Gasteiger partial charge in [-0.15, -0.1) is 0 Å². The second-order valence-corrected chi connectivity index (χ2v) is 5.34. The lowest BCUT2D eigenvalue weighted by Gasteiger charge is -2.18. The fourth-order valence-electron chi connectivity index (χ4n) is 2.66. The lowest BCUT2D eigenvalue weighted by molar-refractivity contribution is 0.217. The maximum absolute atomic E-state index is 12.3. The van der Waals surface area contributed by atoms with Crippen LogP contribution in [0.4, 0.5) is 10.5 Å². The predicted molar refractivity (Wildman–Crippen MR) is 78.8 cm³/mol. The highest BCUT2D eigenvalue weighted by molar-refractivity contribution is 5.95. The van der Waals surface area contributed by atoms with E-state index in [0.29, 0.717) is 6.04 Å². The lowest BCUT2D eigenvalue weighted by Crippen LogP contribution is -2.32. The summed E-state index contributed by atoms with van der Waals surface area (Å²) in [7, 11) is 3.84. The number of urea groups is 1. The summed E-state index contributed by atoms with van der Waals surface area (Å²) in [6, 6.07) is 6.64. The summed E-state index contributed by atoms with van der Waals surface area (Å²) in [5, 5.41) is 3.15. The van der Waals surface area contributed by atoms with E-state index in [-0.39, 0.29) is 6.03 Å². The number of carbonyl (C=O) groups excluding carboxylic acids is 1. The summed E-state index contributed by atoms with van der Waals surface area (Å²) in [5.41, 5.74) is 3.43. The van der Waals surface area contributed by atoms with Crippen LogP contribution in [0.25, 0.3) is 0 Å². The van der Waals surface area contributed by atoms with E-state index < -0.39 is 0 Å². The van der Waals surface area contributed by atoms with E-state index in [4.69, 9.17) is 0 Å². The normalized spacial score (nSPS) is 19.4. The first-order chi connectivity index (χ1) is 9.04. The maximum atomic E-state index is 12.3. The largest absolute Gasteiger partial charge is 0.324 e. The Morgan fingerprint density at radius 1 is 1.37 bits per heavy atom. The first-order valence-corrected chi connectivity index (χ1v) is 6.80. The van der Waals surface area contributed by atoms with Crippen molar-refractivity contribution in [1.82, 2.24) is 10.2 Å². The molecule has 0 bridgehead atoms. The van der Waals surface area contributed by atoms with Gasteiger partial charge in [-0.05, 0) is 45.5 Å². The van der Waals surface area contributed by atoms with Crippen LogP contribution in [0.3, 0.4) is 0 Å². The minimum atomic E-state index is 0.105. The van der Waals surface area contributed by atoms with Crippen LogP contribution >= 0.6 is 0 Å². The molecule has 1 N–H and O–H groups in total. The zero-order valence-electron chi connectivity index (χ0n) is 12.2. The molecule has 1 aromatic carbocycles. The van der Waals surface area contributed by atoms with Crippen LogP contribution in [0.5, 0.6) is 0 Å². The van der Waals surface area contributed by atoms with Crippen LogP contribution in [0, 0.1) is 13.8 Å². The Balaban J connectivity index is 2.19. The van der Waals surface area contributed by atoms with Gasteiger partial charge in [-0.3, -0.25) is 4.90 Å². The number of benzene rings is 1. The van der Waals surface area contributed by atoms with Crippen molar-refractivity contribution in [2.45, 2.75) is 26.3 Å². The van der Waals surface area contributed by atoms with Gasteiger partial charge in [0.15, 0.2) is 0 Å². The standard InChI is InChI=1S/C15H23N3O/c1-11-5-6-14(12(2)9-11)18-10-13(7-8-16-3)17(4)15(18)19/h5-6,9,13,16H,7-8,10H2,1-4H3. The van der Waals surface area contributed by atoms with Gasteiger partial charge < -0.3 is 10.2 Å². The van der Waals surface area contributed by atoms with Crippen molar-refractivity contribution in [3.05, 3.63) is 29.3 Å². The Bertz CT molecular complexity index is 472. The molecular weight excluding hydrogens is 238 g/mol. The quantitative estimate of drug-likeness (QED) is 0.901. The van der Waals surface area contributed by atoms with E-state index in [1.165, 1.54) is 5.56 Å². The van der Waals surface area contributed by atoms with E-state index in [0.717, 1.165) is 30.8 Å². The number of rotatable bonds is 4. The monoisotopic (exact) mass is 261 g/mol. The predicted octanol–water partition coefficient (Wildman–Crippen LogP) is 2.15. The Morgan fingerprint density at radius 2 is 2.11 bits per heavy atom. The lowest BCUT2D eigenvalue weighted by atomic mass is 10.1. The number of anilines is 1. The highest BCUT2D eigenvalue weighted by Gasteiger charge is 2.35. The number of aryl methyl sites for hydroxylation is 2. The molecule has 0 spiro atoms. The molecule has 2 rings (SSSR count). The van der Waals surface area contributed by atoms with Gasteiger partial charge in [0, 0.05) is 19.3 Å². The van der Waals surface area contributed by atoms with Crippen LogP contribution in [0.2, 0.25) is 0 Å². The topological polar surface area (TPSA) is 35.6 Å². The zero-order chi connectivity index (χ0) is 14.0. The van der Waals surface area contributed by atoms with Crippen molar-refractivity contribution in [3.8, 4) is 0 Å². The number of carbonyl (C=O) groups is 1. The molecule has 1 fully saturated rings. The van der Waals surface area contributed by atoms with Crippen LogP contribution in [-0.4, -0.2) is 44.2 Å². The highest BCUT2D eigenvalue weighted by atomic mass is 16.2. The van der Waals surface area contributed by atoms with Crippen LogP contribution < -0.4 is 10.2 Å². The molecule has 19 heavy (non-hydrogen) atoms. The molecule has 1 heterocycles. The molecule has 0 aliphatic carbocycles. The minimum absolute atomic E-state index is 0.105. The Morgan fingerprint density at radius 3 is 2.74 bits per heavy atom. The van der Waals surface area contributed by atoms with Gasteiger partial charge in [0.2, 0.25) is 0 Å². The molecular formula is C15H23N3O. The Kier molecular flexibility index (Phi) is 4.10. The van der Waals surface area contributed by atoms with Crippen molar-refractivity contribution in [2.75, 3.05) is 32.1 Å². The number of nitrogens with one attached hydrogen (secondary N) is 1. The summed E-state index contributed by atoms with van der Waals surface area (Å²) in [6.45, 7) is 5.85. The molecule has 4 nitrogen and oxygen atoms in total. The number of amides is 2. The molecule has 4 heteroatoms. The van der Waals surface area contributed by atoms with Crippen LogP contribution in [-0.2, 0) is 0 Å². The van der Waals surface area contributed by atoms with Crippen LogP contribution in [0.1, 0.15) is 17.5 Å². The third-order valence-corrected chi connectivity index (χ3v) is 3.84. The zero-order valence-corrected chi connectivity index (χ0v) is 12.2. The molecule has 1 saturated heterocycles. The summed E-state index contributed by atoms with van der Waals surface area (Å²) in [4.78, 5) is 16.1. The Labute approximate surface area is 115 Å². The van der Waals surface area contributed by atoms with Gasteiger partial charge >= 0.3 is 6.03 Å². The van der Waals surface area contributed by atoms with Crippen molar-refractivity contribution in [3.63, 3.8) is 0 Å². The van der Waals surface area contributed by atoms with Gasteiger partial charge in [0.25, 0.3) is 0 Å². The second-order valence-electron chi connectivity index (χ2n) is 5.34. The molecule has 1 aliphatic rings. The molecule has 1 aromatic rings. The fourth-order valence-corrected chi connectivity index (χ4v) is 2.66. The fraction of sp³-hybridized carbons (Fsp3) is 0.533. The summed E-state index contributed by atoms with van der Waals surface area (Å²) in [6.07, 6.45) is 0.986. The first-order valence-electron chi connectivity index (χ1n) is 6.80. The number of nitrogens with zero attached hydrogens (tertiary/aromatic N) is 2. The first kappa shape index (κ1) is 13.9. The van der Waals surface area contributed by atoms with E-state index in [1.807, 2.05) is 23.9 Å². The minimum Gasteiger partial charge on any atom is -0.323 e. The number of hydrogen-bond acceptors (Lipinski definition) is 2. The molecule has 1 aliphatic heterocycles. The average molecular weight is 261 g/mol. The van der Waals surface area contributed by atoms with E-state index in [9.17, 15) is 4.79 Å². The maximum Gasteiger partial charge on any atom is 0.324 e. The van der Waals surface area contributed by atoms with Gasteiger partial charge in [-0.25, -0.2) is 4.79 Å². The van der Waals surface area contributed by atoms with E-state index in [1.54, 1.807) is 0 Å². The third kappa shape index (κ3) is 2.73. The van der Waals surface area contributed by atoms with Crippen LogP contribution in [0.15, 0.2) is 18.2 Å². The third-order valence-electron chi connectivity index (χ3n) is 3.84. The van der Waals surface area contributed by atoms with Gasteiger partial charge in [0.05, 0.1) is 6.04 Å². The summed E-state index contributed by atoms with van der Waals surface area (Å²) >= 11 is 0. The Hall–Kier alpha value is -1.55. The molecule has 0 radical (unpaired) electrons. The average Bonchev–Trinajstić information content (AvgIpc) is 2.64. The number of hydrogen-bond donors (Lipinski definition) is 1. The van der Waals surface area contributed by atoms with Gasteiger partial charge in [-0.2, -0.15) is 0 Å². The molecule has 0 aromatic heterocycles. The van der Waals surface area contributed by atoms with Gasteiger partial charge in [0.1, 0.15) is 0 Å². The number of likely N-dealkylation sites (N-methyl/N-ethyl adjacent to an activating group) is 1. The van der Waals surface area contributed by atoms with E-state index in [2.05, 4.69) is 37.4 Å². The molecule has 1 atom stereocenters. The van der Waals surface area contributed by atoms with Crippen molar-refractivity contribution < 1.29 is 4.79 Å². The van der Waals surface area contributed by atoms with Crippen molar-refractivity contribution in [1.29, 1.82) is 0 Å². The summed E-state index contributed by atoms with van der Waals surface area (Å²) in [5.74, 6) is 0. The molecule has 2 amide bonds. The molecule has 1 unspecified atom stereocenters. The summed E-state index contributed by atoms with van der Waals surface area (Å²) < 4.78 is 0. The SMILES string of the molecule is CNCCC1CN(c2ccc(C)cc2C)C(=O)N1C. The highest BCUT2D eigenvalue weighted by Crippen LogP contribution is 2.27. The smallest absolute Gasteiger partial charge is 0.323 e. The van der Waals surface area contributed by atoms with Crippen molar-refractivity contribution in [2.24, 2.45) is 0 Å². The van der Waals surface area contributed by atoms with E-state index >= 15 is 0 Å². The molecule has 104 valence electrons.